The monoisotopic (exact) mass is 341 g/mol. The van der Waals surface area contributed by atoms with Gasteiger partial charge in [-0.2, -0.15) is 0 Å². The Morgan fingerprint density at radius 1 is 1.08 bits per heavy atom. The van der Waals surface area contributed by atoms with Crippen LogP contribution in [0.3, 0.4) is 0 Å². The first-order valence-electron chi connectivity index (χ1n) is 8.18. The van der Waals surface area contributed by atoms with Crippen molar-refractivity contribution in [3.05, 3.63) is 47.4 Å². The fraction of sp³-hybridized carbons (Fsp3) is 0.333. The summed E-state index contributed by atoms with van der Waals surface area (Å²) in [6, 6.07) is 8.61. The number of aromatic nitrogens is 3. The van der Waals surface area contributed by atoms with E-state index in [4.69, 9.17) is 11.6 Å². The smallest absolute Gasteiger partial charge is 0.178 e. The molecule has 0 saturated carbocycles. The van der Waals surface area contributed by atoms with Crippen LogP contribution in [0.5, 0.6) is 0 Å². The third kappa shape index (κ3) is 3.02. The number of H-pyrrole nitrogens is 1. The van der Waals surface area contributed by atoms with Crippen molar-refractivity contribution in [3.63, 3.8) is 0 Å². The van der Waals surface area contributed by atoms with Gasteiger partial charge in [-0.1, -0.05) is 35.9 Å². The van der Waals surface area contributed by atoms with Gasteiger partial charge >= 0.3 is 0 Å². The molecular weight excluding hydrogens is 322 g/mol. The van der Waals surface area contributed by atoms with E-state index in [0.29, 0.717) is 10.7 Å². The second-order valence-electron chi connectivity index (χ2n) is 6.36. The molecule has 0 aliphatic carbocycles. The van der Waals surface area contributed by atoms with Crippen molar-refractivity contribution in [2.75, 3.05) is 33.2 Å². The number of imidazole rings is 1. The van der Waals surface area contributed by atoms with Gasteiger partial charge in [-0.05, 0) is 18.2 Å². The summed E-state index contributed by atoms with van der Waals surface area (Å²) in [4.78, 5) is 16.4. The van der Waals surface area contributed by atoms with Gasteiger partial charge in [-0.25, -0.2) is 9.97 Å². The number of pyridine rings is 1. The molecular formula is C18H20ClN5. The van der Waals surface area contributed by atoms with Gasteiger partial charge in [-0.15, -0.1) is 0 Å². The highest BCUT2D eigenvalue weighted by Gasteiger charge is 2.14. The third-order valence-corrected chi connectivity index (χ3v) is 5.05. The van der Waals surface area contributed by atoms with Crippen LogP contribution in [0.4, 0.5) is 0 Å². The Balaban J connectivity index is 1.53. The highest BCUT2D eigenvalue weighted by atomic mass is 35.5. The van der Waals surface area contributed by atoms with Crippen molar-refractivity contribution < 1.29 is 0 Å². The average molecular weight is 342 g/mol. The summed E-state index contributed by atoms with van der Waals surface area (Å²) in [6.45, 7) is 5.54. The van der Waals surface area contributed by atoms with Crippen LogP contribution in [0.25, 0.3) is 22.3 Å². The van der Waals surface area contributed by atoms with E-state index in [0.717, 1.165) is 49.4 Å². The molecule has 2 aromatic heterocycles. The molecule has 1 N–H and O–H groups in total. The standard InChI is InChI=1S/C18H20ClN5/c1-23-6-8-24(9-7-23)11-13-2-4-14(5-3-13)15-10-20-18-17(16(15)19)21-12-22-18/h2-5,10,12H,6-9,11H2,1H3,(H,20,21,22). The SMILES string of the molecule is CN1CCN(Cc2ccc(-c3cnc4nc[nH]c4c3Cl)cc2)CC1. The number of nitrogens with zero attached hydrogens (tertiary/aromatic N) is 4. The molecule has 0 amide bonds. The second kappa shape index (κ2) is 6.51. The molecule has 5 nitrogen and oxygen atoms in total. The molecule has 1 aromatic carbocycles. The Hall–Kier alpha value is -1.95. The maximum atomic E-state index is 6.50. The van der Waals surface area contributed by atoms with Crippen LogP contribution in [-0.4, -0.2) is 58.0 Å². The zero-order chi connectivity index (χ0) is 16.5. The Bertz CT molecular complexity index is 834. The Morgan fingerprint density at radius 2 is 1.83 bits per heavy atom. The molecule has 6 heteroatoms. The molecule has 0 spiro atoms. The highest BCUT2D eigenvalue weighted by molar-refractivity contribution is 6.37. The molecule has 1 aliphatic heterocycles. The summed E-state index contributed by atoms with van der Waals surface area (Å²) < 4.78 is 0. The zero-order valence-corrected chi connectivity index (χ0v) is 14.4. The van der Waals surface area contributed by atoms with Crippen molar-refractivity contribution >= 4 is 22.8 Å². The van der Waals surface area contributed by atoms with Gasteiger partial charge in [-0.3, -0.25) is 4.90 Å². The largest absolute Gasteiger partial charge is 0.342 e. The fourth-order valence-corrected chi connectivity index (χ4v) is 3.42. The van der Waals surface area contributed by atoms with E-state index >= 15 is 0 Å². The normalized spacial score (nSPS) is 16.8. The summed E-state index contributed by atoms with van der Waals surface area (Å²) in [5.41, 5.74) is 4.77. The summed E-state index contributed by atoms with van der Waals surface area (Å²) in [7, 11) is 2.18. The molecule has 1 aliphatic rings. The van der Waals surface area contributed by atoms with Gasteiger partial charge in [0.25, 0.3) is 0 Å². The fourth-order valence-electron chi connectivity index (χ4n) is 3.12. The minimum atomic E-state index is 0.649. The van der Waals surface area contributed by atoms with Gasteiger partial charge in [0.2, 0.25) is 0 Å². The van der Waals surface area contributed by atoms with E-state index < -0.39 is 0 Å². The van der Waals surface area contributed by atoms with E-state index in [1.54, 1.807) is 12.5 Å². The third-order valence-electron chi connectivity index (χ3n) is 4.66. The minimum absolute atomic E-state index is 0.649. The Labute approximate surface area is 146 Å². The molecule has 0 radical (unpaired) electrons. The topological polar surface area (TPSA) is 48.1 Å². The summed E-state index contributed by atoms with van der Waals surface area (Å²) in [5, 5.41) is 0.671. The quantitative estimate of drug-likeness (QED) is 0.795. The van der Waals surface area contributed by atoms with Crippen LogP contribution in [0.1, 0.15) is 5.56 Å². The predicted octanol–water partition coefficient (Wildman–Crippen LogP) is 3.03. The molecule has 124 valence electrons. The van der Waals surface area contributed by atoms with Gasteiger partial charge in [0.1, 0.15) is 5.52 Å². The minimum Gasteiger partial charge on any atom is -0.342 e. The van der Waals surface area contributed by atoms with Crippen LogP contribution in [-0.2, 0) is 6.54 Å². The number of hydrogen-bond donors (Lipinski definition) is 1. The Morgan fingerprint density at radius 3 is 2.58 bits per heavy atom. The highest BCUT2D eigenvalue weighted by Crippen LogP contribution is 2.31. The van der Waals surface area contributed by atoms with Gasteiger partial charge in [0.05, 0.1) is 11.3 Å². The van der Waals surface area contributed by atoms with Crippen molar-refractivity contribution in [1.29, 1.82) is 0 Å². The van der Waals surface area contributed by atoms with Crippen molar-refractivity contribution in [2.45, 2.75) is 6.54 Å². The van der Waals surface area contributed by atoms with Crippen molar-refractivity contribution in [3.8, 4) is 11.1 Å². The van der Waals surface area contributed by atoms with E-state index in [-0.39, 0.29) is 0 Å². The molecule has 4 rings (SSSR count). The van der Waals surface area contributed by atoms with Crippen LogP contribution < -0.4 is 0 Å². The maximum Gasteiger partial charge on any atom is 0.178 e. The zero-order valence-electron chi connectivity index (χ0n) is 13.7. The average Bonchev–Trinajstić information content (AvgIpc) is 3.08. The van der Waals surface area contributed by atoms with Crippen LogP contribution in [0, 0.1) is 0 Å². The van der Waals surface area contributed by atoms with E-state index in [2.05, 4.69) is 56.1 Å². The number of benzene rings is 1. The first-order chi connectivity index (χ1) is 11.7. The van der Waals surface area contributed by atoms with Gasteiger partial charge < -0.3 is 9.88 Å². The molecule has 24 heavy (non-hydrogen) atoms. The molecule has 3 aromatic rings. The molecule has 1 saturated heterocycles. The van der Waals surface area contributed by atoms with Gasteiger partial charge in [0.15, 0.2) is 5.65 Å². The number of piperazine rings is 1. The molecule has 0 unspecified atom stereocenters. The van der Waals surface area contributed by atoms with E-state index in [1.165, 1.54) is 5.56 Å². The first-order valence-corrected chi connectivity index (χ1v) is 8.56. The number of halogens is 1. The summed E-state index contributed by atoms with van der Waals surface area (Å²) in [6.07, 6.45) is 3.41. The summed E-state index contributed by atoms with van der Waals surface area (Å²) >= 11 is 6.50. The van der Waals surface area contributed by atoms with Crippen LogP contribution >= 0.6 is 11.6 Å². The second-order valence-corrected chi connectivity index (χ2v) is 6.74. The number of nitrogens with one attached hydrogen (secondary N) is 1. The lowest BCUT2D eigenvalue weighted by molar-refractivity contribution is 0.148. The first kappa shape index (κ1) is 15.6. The summed E-state index contributed by atoms with van der Waals surface area (Å²) in [5.74, 6) is 0. The molecule has 0 bridgehead atoms. The number of fused-ring (bicyclic) bond motifs is 1. The number of hydrogen-bond acceptors (Lipinski definition) is 4. The lowest BCUT2D eigenvalue weighted by Crippen LogP contribution is -2.43. The lowest BCUT2D eigenvalue weighted by Gasteiger charge is -2.32. The lowest BCUT2D eigenvalue weighted by atomic mass is 10.0. The van der Waals surface area contributed by atoms with E-state index in [9.17, 15) is 0 Å². The van der Waals surface area contributed by atoms with Crippen LogP contribution in [0.2, 0.25) is 5.02 Å². The van der Waals surface area contributed by atoms with Gasteiger partial charge in [0, 0.05) is 44.5 Å². The van der Waals surface area contributed by atoms with Crippen molar-refractivity contribution in [2.24, 2.45) is 0 Å². The van der Waals surface area contributed by atoms with Crippen LogP contribution in [0.15, 0.2) is 36.8 Å². The molecule has 1 fully saturated rings. The number of rotatable bonds is 3. The molecule has 0 atom stereocenters. The maximum absolute atomic E-state index is 6.50. The van der Waals surface area contributed by atoms with Crippen molar-refractivity contribution in [1.82, 2.24) is 24.8 Å². The predicted molar refractivity (Wildman–Crippen MR) is 97.1 cm³/mol. The molecule has 3 heterocycles. The number of aromatic amines is 1. The number of likely N-dealkylation sites (N-methyl/N-ethyl adjacent to an activating group) is 1. The Kier molecular flexibility index (Phi) is 4.22. The van der Waals surface area contributed by atoms with E-state index in [1.807, 2.05) is 0 Å².